The first-order valence-electron chi connectivity index (χ1n) is 13.6. The number of aryl methyl sites for hydroxylation is 1. The third-order valence-electron chi connectivity index (χ3n) is 6.91. The molecule has 0 saturated carbocycles. The van der Waals surface area contributed by atoms with Gasteiger partial charge in [0.1, 0.15) is 23.2 Å². The maximum Gasteiger partial charge on any atom is 0.303 e. The molecule has 0 aliphatic carbocycles. The van der Waals surface area contributed by atoms with Crippen molar-refractivity contribution in [3.05, 3.63) is 118 Å². The SMILES string of the molecule is CCC(/C(=C/Cc1ccc2c(=O)n(-c3ccc(F)cc3)c(CCCCC(=O)O)nc2c1)ONC)c1ccc(F)cc1. The van der Waals surface area contributed by atoms with Crippen molar-refractivity contribution in [1.29, 1.82) is 0 Å². The van der Waals surface area contributed by atoms with Gasteiger partial charge in [0, 0.05) is 25.8 Å². The fourth-order valence-corrected chi connectivity index (χ4v) is 4.88. The number of aromatic nitrogens is 2. The summed E-state index contributed by atoms with van der Waals surface area (Å²) >= 11 is 0. The summed E-state index contributed by atoms with van der Waals surface area (Å²) in [5.74, 6) is -0.498. The quantitative estimate of drug-likeness (QED) is 0.114. The number of hydroxylamine groups is 1. The number of carboxylic acids is 1. The van der Waals surface area contributed by atoms with Crippen molar-refractivity contribution in [2.75, 3.05) is 7.05 Å². The van der Waals surface area contributed by atoms with Gasteiger partial charge in [-0.25, -0.2) is 13.8 Å². The van der Waals surface area contributed by atoms with Crippen molar-refractivity contribution >= 4 is 16.9 Å². The number of fused-ring (bicyclic) bond motifs is 1. The Hall–Kier alpha value is -4.37. The van der Waals surface area contributed by atoms with Gasteiger partial charge in [0.2, 0.25) is 0 Å². The normalized spacial score (nSPS) is 12.4. The van der Waals surface area contributed by atoms with E-state index in [4.69, 9.17) is 14.9 Å². The molecule has 0 amide bonds. The Balaban J connectivity index is 1.69. The van der Waals surface area contributed by atoms with Crippen molar-refractivity contribution in [2.24, 2.45) is 0 Å². The van der Waals surface area contributed by atoms with Crippen LogP contribution in [0.2, 0.25) is 0 Å². The van der Waals surface area contributed by atoms with Crippen LogP contribution in [-0.4, -0.2) is 27.7 Å². The summed E-state index contributed by atoms with van der Waals surface area (Å²) in [6.07, 6.45) is 4.59. The molecule has 2 N–H and O–H groups in total. The lowest BCUT2D eigenvalue weighted by molar-refractivity contribution is -0.137. The number of carboxylic acid groups (broad SMARTS) is 1. The van der Waals surface area contributed by atoms with Crippen LogP contribution in [0.15, 0.2) is 83.4 Å². The Morgan fingerprint density at radius 2 is 1.73 bits per heavy atom. The molecule has 0 aliphatic heterocycles. The van der Waals surface area contributed by atoms with Crippen LogP contribution in [0, 0.1) is 11.6 Å². The molecule has 214 valence electrons. The van der Waals surface area contributed by atoms with Gasteiger partial charge in [-0.2, -0.15) is 5.48 Å². The number of nitrogens with one attached hydrogen (secondary N) is 1. The third-order valence-corrected chi connectivity index (χ3v) is 6.91. The average Bonchev–Trinajstić information content (AvgIpc) is 2.96. The van der Waals surface area contributed by atoms with Gasteiger partial charge in [-0.3, -0.25) is 14.2 Å². The number of rotatable bonds is 13. The van der Waals surface area contributed by atoms with E-state index in [0.717, 1.165) is 17.5 Å². The molecule has 7 nitrogen and oxygen atoms in total. The number of allylic oxidation sites excluding steroid dienone is 2. The molecule has 0 radical (unpaired) electrons. The van der Waals surface area contributed by atoms with E-state index in [1.165, 1.54) is 41.0 Å². The van der Waals surface area contributed by atoms with E-state index >= 15 is 0 Å². The van der Waals surface area contributed by atoms with Gasteiger partial charge in [0.15, 0.2) is 0 Å². The molecule has 4 rings (SSSR count). The zero-order valence-electron chi connectivity index (χ0n) is 23.1. The number of benzene rings is 3. The minimum Gasteiger partial charge on any atom is -0.481 e. The molecule has 0 saturated heterocycles. The second-order valence-electron chi connectivity index (χ2n) is 9.73. The highest BCUT2D eigenvalue weighted by atomic mass is 19.1. The number of carbonyl (C=O) groups is 1. The van der Waals surface area contributed by atoms with Crippen molar-refractivity contribution in [3.63, 3.8) is 0 Å². The van der Waals surface area contributed by atoms with Crippen molar-refractivity contribution in [1.82, 2.24) is 15.0 Å². The van der Waals surface area contributed by atoms with E-state index in [1.54, 1.807) is 25.2 Å². The highest BCUT2D eigenvalue weighted by molar-refractivity contribution is 5.79. The number of aliphatic carboxylic acids is 1. The molecule has 0 bridgehead atoms. The summed E-state index contributed by atoms with van der Waals surface area (Å²) in [7, 11) is 1.68. The van der Waals surface area contributed by atoms with E-state index in [2.05, 4.69) is 5.48 Å². The molecule has 1 unspecified atom stereocenters. The lowest BCUT2D eigenvalue weighted by Crippen LogP contribution is -2.24. The molecule has 0 fully saturated rings. The monoisotopic (exact) mass is 561 g/mol. The standard InChI is InChI=1S/C32H33F2N3O4/c1-3-26(22-10-12-23(33)13-11-22)29(41-35-2)19-9-21-8-18-27-28(20-21)36-30(6-4-5-7-31(38)39)37(32(27)40)25-16-14-24(34)15-17-25/h8,10-20,26,35H,3-7,9H2,1-2H3,(H,38,39)/b29-19-. The van der Waals surface area contributed by atoms with E-state index in [0.29, 0.717) is 53.9 Å². The van der Waals surface area contributed by atoms with Gasteiger partial charge in [0.25, 0.3) is 5.56 Å². The summed E-state index contributed by atoms with van der Waals surface area (Å²) in [5.41, 5.74) is 5.32. The van der Waals surface area contributed by atoms with E-state index in [9.17, 15) is 18.4 Å². The minimum atomic E-state index is -0.878. The van der Waals surface area contributed by atoms with Crippen LogP contribution in [0.5, 0.6) is 0 Å². The number of unbranched alkanes of at least 4 members (excludes halogenated alkanes) is 1. The highest BCUT2D eigenvalue weighted by Gasteiger charge is 2.18. The Bertz CT molecular complexity index is 1580. The van der Waals surface area contributed by atoms with Crippen LogP contribution in [0.3, 0.4) is 0 Å². The van der Waals surface area contributed by atoms with Crippen LogP contribution in [0.4, 0.5) is 8.78 Å². The van der Waals surface area contributed by atoms with Crippen LogP contribution < -0.4 is 11.0 Å². The zero-order valence-corrected chi connectivity index (χ0v) is 23.1. The average molecular weight is 562 g/mol. The molecule has 1 atom stereocenters. The largest absolute Gasteiger partial charge is 0.481 e. The van der Waals surface area contributed by atoms with Crippen molar-refractivity contribution in [2.45, 2.75) is 51.4 Å². The van der Waals surface area contributed by atoms with Gasteiger partial charge in [-0.05, 0) is 91.4 Å². The first-order chi connectivity index (χ1) is 19.8. The molecule has 4 aromatic rings. The third kappa shape index (κ3) is 7.43. The van der Waals surface area contributed by atoms with Crippen molar-refractivity contribution in [3.8, 4) is 5.69 Å². The second kappa shape index (κ2) is 13.8. The maximum atomic E-state index is 13.6. The Morgan fingerprint density at radius 3 is 2.37 bits per heavy atom. The lowest BCUT2D eigenvalue weighted by atomic mass is 9.93. The molecular weight excluding hydrogens is 528 g/mol. The predicted octanol–water partition coefficient (Wildman–Crippen LogP) is 6.23. The van der Waals surface area contributed by atoms with E-state index < -0.39 is 11.8 Å². The number of nitrogens with zero attached hydrogens (tertiary/aromatic N) is 2. The molecular formula is C32H33F2N3O4. The summed E-state index contributed by atoms with van der Waals surface area (Å²) < 4.78 is 28.6. The minimum absolute atomic E-state index is 0.0263. The molecule has 0 aliphatic rings. The van der Waals surface area contributed by atoms with E-state index in [1.807, 2.05) is 25.1 Å². The Morgan fingerprint density at radius 1 is 1.05 bits per heavy atom. The smallest absolute Gasteiger partial charge is 0.303 e. The Kier molecular flexibility index (Phi) is 9.97. The van der Waals surface area contributed by atoms with Gasteiger partial charge >= 0.3 is 5.97 Å². The fraction of sp³-hybridized carbons (Fsp3) is 0.281. The molecule has 1 heterocycles. The number of hydrogen-bond donors (Lipinski definition) is 2. The maximum absolute atomic E-state index is 13.6. The van der Waals surface area contributed by atoms with E-state index in [-0.39, 0.29) is 23.7 Å². The molecule has 0 spiro atoms. The van der Waals surface area contributed by atoms with Crippen LogP contribution in [-0.2, 0) is 22.5 Å². The van der Waals surface area contributed by atoms with Crippen molar-refractivity contribution < 1.29 is 23.5 Å². The van der Waals surface area contributed by atoms with Crippen LogP contribution >= 0.6 is 0 Å². The van der Waals surface area contributed by atoms with Gasteiger partial charge in [-0.15, -0.1) is 0 Å². The summed E-state index contributed by atoms with van der Waals surface area (Å²) in [6, 6.07) is 17.4. The topological polar surface area (TPSA) is 93.5 Å². The number of hydrogen-bond acceptors (Lipinski definition) is 5. The summed E-state index contributed by atoms with van der Waals surface area (Å²) in [5, 5.41) is 9.41. The van der Waals surface area contributed by atoms with Gasteiger partial charge in [-0.1, -0.05) is 25.1 Å². The zero-order chi connectivity index (χ0) is 29.4. The molecule has 41 heavy (non-hydrogen) atoms. The van der Waals surface area contributed by atoms with Crippen LogP contribution in [0.25, 0.3) is 16.6 Å². The second-order valence-corrected chi connectivity index (χ2v) is 9.73. The molecule has 3 aromatic carbocycles. The Labute approximate surface area is 237 Å². The summed E-state index contributed by atoms with van der Waals surface area (Å²) in [4.78, 5) is 35.1. The molecule has 9 heteroatoms. The lowest BCUT2D eigenvalue weighted by Gasteiger charge is -2.19. The fourth-order valence-electron chi connectivity index (χ4n) is 4.88. The van der Waals surface area contributed by atoms with Crippen LogP contribution in [0.1, 0.15) is 55.5 Å². The summed E-state index contributed by atoms with van der Waals surface area (Å²) in [6.45, 7) is 2.03. The molecule has 1 aromatic heterocycles. The first-order valence-corrected chi connectivity index (χ1v) is 13.6. The van der Waals surface area contributed by atoms with Gasteiger partial charge in [0.05, 0.1) is 16.6 Å². The first kappa shape index (κ1) is 29.6. The predicted molar refractivity (Wildman–Crippen MR) is 154 cm³/mol. The number of halogens is 2. The highest BCUT2D eigenvalue weighted by Crippen LogP contribution is 2.29. The van der Waals surface area contributed by atoms with Gasteiger partial charge < -0.3 is 9.94 Å².